The molecule has 0 aromatic heterocycles. The van der Waals surface area contributed by atoms with Gasteiger partial charge in [-0.15, -0.1) is 0 Å². The SMILES string of the molecule is CCCOc1ccc(Cl)cc1/C=C1/SC(=Nc2ccccc2)N(CC)C1=O. The molecule has 4 nitrogen and oxygen atoms in total. The van der Waals surface area contributed by atoms with E-state index in [-0.39, 0.29) is 5.91 Å². The fourth-order valence-electron chi connectivity index (χ4n) is 2.60. The van der Waals surface area contributed by atoms with Crippen molar-refractivity contribution in [2.24, 2.45) is 4.99 Å². The molecule has 0 atom stereocenters. The zero-order valence-electron chi connectivity index (χ0n) is 15.3. The van der Waals surface area contributed by atoms with Crippen LogP contribution in [0, 0.1) is 0 Å². The number of amidine groups is 1. The van der Waals surface area contributed by atoms with E-state index < -0.39 is 0 Å². The van der Waals surface area contributed by atoms with E-state index in [9.17, 15) is 4.79 Å². The van der Waals surface area contributed by atoms with Gasteiger partial charge in [0.1, 0.15) is 5.75 Å². The Labute approximate surface area is 168 Å². The highest BCUT2D eigenvalue weighted by atomic mass is 35.5. The minimum atomic E-state index is -0.0569. The molecule has 1 amide bonds. The van der Waals surface area contributed by atoms with Crippen LogP contribution < -0.4 is 4.74 Å². The van der Waals surface area contributed by atoms with Crippen LogP contribution >= 0.6 is 23.4 Å². The van der Waals surface area contributed by atoms with Crippen LogP contribution in [0.5, 0.6) is 5.75 Å². The molecule has 1 aliphatic rings. The first-order chi connectivity index (χ1) is 13.1. The molecule has 2 aromatic carbocycles. The van der Waals surface area contributed by atoms with E-state index in [1.807, 2.05) is 55.5 Å². The Morgan fingerprint density at radius 1 is 1.19 bits per heavy atom. The van der Waals surface area contributed by atoms with Crippen molar-refractivity contribution in [2.75, 3.05) is 13.2 Å². The van der Waals surface area contributed by atoms with Gasteiger partial charge in [0, 0.05) is 17.1 Å². The lowest BCUT2D eigenvalue weighted by Gasteiger charge is -2.12. The van der Waals surface area contributed by atoms with E-state index in [1.165, 1.54) is 11.8 Å². The van der Waals surface area contributed by atoms with Gasteiger partial charge in [-0.3, -0.25) is 9.69 Å². The molecule has 27 heavy (non-hydrogen) atoms. The third kappa shape index (κ3) is 4.73. The number of halogens is 1. The second-order valence-electron chi connectivity index (χ2n) is 5.92. The van der Waals surface area contributed by atoms with Gasteiger partial charge < -0.3 is 4.74 Å². The zero-order chi connectivity index (χ0) is 19.2. The predicted octanol–water partition coefficient (Wildman–Crippen LogP) is 5.75. The van der Waals surface area contributed by atoms with Crippen LogP contribution in [0.1, 0.15) is 25.8 Å². The number of ether oxygens (including phenoxy) is 1. The maximum atomic E-state index is 12.8. The second kappa shape index (κ2) is 9.11. The number of benzene rings is 2. The fourth-order valence-corrected chi connectivity index (χ4v) is 3.83. The summed E-state index contributed by atoms with van der Waals surface area (Å²) in [6.07, 6.45) is 2.74. The summed E-state index contributed by atoms with van der Waals surface area (Å²) >= 11 is 7.52. The van der Waals surface area contributed by atoms with Gasteiger partial charge in [-0.25, -0.2) is 4.99 Å². The number of hydrogen-bond acceptors (Lipinski definition) is 4. The number of amides is 1. The maximum absolute atomic E-state index is 12.8. The molecule has 0 saturated carbocycles. The Morgan fingerprint density at radius 3 is 2.67 bits per heavy atom. The highest BCUT2D eigenvalue weighted by Gasteiger charge is 2.32. The molecule has 0 unspecified atom stereocenters. The summed E-state index contributed by atoms with van der Waals surface area (Å²) in [6.45, 7) is 5.16. The molecule has 0 spiro atoms. The van der Waals surface area contributed by atoms with Gasteiger partial charge in [-0.2, -0.15) is 0 Å². The Bertz CT molecular complexity index is 881. The molecule has 0 radical (unpaired) electrons. The van der Waals surface area contributed by atoms with Gasteiger partial charge in [-0.05, 0) is 61.5 Å². The van der Waals surface area contributed by atoms with Gasteiger partial charge in [0.05, 0.1) is 17.2 Å². The average Bonchev–Trinajstić information content (AvgIpc) is 2.96. The molecule has 1 saturated heterocycles. The van der Waals surface area contributed by atoms with Crippen molar-refractivity contribution in [3.05, 3.63) is 64.0 Å². The topological polar surface area (TPSA) is 41.9 Å². The van der Waals surface area contributed by atoms with Crippen LogP contribution in [0.3, 0.4) is 0 Å². The number of nitrogens with zero attached hydrogens (tertiary/aromatic N) is 2. The Kier molecular flexibility index (Phi) is 6.58. The predicted molar refractivity (Wildman–Crippen MR) is 114 cm³/mol. The molecule has 1 aliphatic heterocycles. The van der Waals surface area contributed by atoms with E-state index in [0.717, 1.165) is 23.4 Å². The molecular weight excluding hydrogens is 380 g/mol. The lowest BCUT2D eigenvalue weighted by Crippen LogP contribution is -2.28. The standard InChI is InChI=1S/C21H21ClN2O2S/c1-3-12-26-18-11-10-16(22)13-15(18)14-19-20(25)24(4-2)21(27-19)23-17-8-6-5-7-9-17/h5-11,13-14H,3-4,12H2,1-2H3/b19-14+,23-21?. The lowest BCUT2D eigenvalue weighted by molar-refractivity contribution is -0.122. The summed E-state index contributed by atoms with van der Waals surface area (Å²) < 4.78 is 5.79. The summed E-state index contributed by atoms with van der Waals surface area (Å²) in [5.41, 5.74) is 1.62. The Balaban J connectivity index is 1.94. The van der Waals surface area contributed by atoms with Crippen molar-refractivity contribution in [3.63, 3.8) is 0 Å². The molecule has 2 aromatic rings. The van der Waals surface area contributed by atoms with Crippen molar-refractivity contribution >= 4 is 46.2 Å². The third-order valence-electron chi connectivity index (χ3n) is 3.91. The number of aliphatic imine (C=N–C) groups is 1. The third-order valence-corrected chi connectivity index (χ3v) is 5.15. The number of carbonyl (C=O) groups is 1. The molecule has 1 heterocycles. The molecule has 6 heteroatoms. The maximum Gasteiger partial charge on any atom is 0.266 e. The normalized spacial score (nSPS) is 17.1. The van der Waals surface area contributed by atoms with Crippen molar-refractivity contribution in [2.45, 2.75) is 20.3 Å². The minimum absolute atomic E-state index is 0.0569. The summed E-state index contributed by atoms with van der Waals surface area (Å²) in [6, 6.07) is 15.1. The Morgan fingerprint density at radius 2 is 1.96 bits per heavy atom. The van der Waals surface area contributed by atoms with Gasteiger partial charge in [-0.1, -0.05) is 36.7 Å². The smallest absolute Gasteiger partial charge is 0.266 e. The molecule has 0 N–H and O–H groups in total. The summed E-state index contributed by atoms with van der Waals surface area (Å²) in [4.78, 5) is 19.8. The minimum Gasteiger partial charge on any atom is -0.493 e. The van der Waals surface area contributed by atoms with E-state index in [4.69, 9.17) is 16.3 Å². The zero-order valence-corrected chi connectivity index (χ0v) is 16.9. The van der Waals surface area contributed by atoms with Crippen LogP contribution in [-0.4, -0.2) is 29.1 Å². The van der Waals surface area contributed by atoms with E-state index in [0.29, 0.717) is 28.2 Å². The molecule has 0 aliphatic carbocycles. The number of hydrogen-bond donors (Lipinski definition) is 0. The van der Waals surface area contributed by atoms with Crippen LogP contribution in [0.2, 0.25) is 5.02 Å². The lowest BCUT2D eigenvalue weighted by atomic mass is 10.2. The number of likely N-dealkylation sites (N-methyl/N-ethyl adjacent to an activating group) is 1. The monoisotopic (exact) mass is 400 g/mol. The number of carbonyl (C=O) groups excluding carboxylic acids is 1. The van der Waals surface area contributed by atoms with Crippen molar-refractivity contribution in [3.8, 4) is 5.75 Å². The average molecular weight is 401 g/mol. The highest BCUT2D eigenvalue weighted by Crippen LogP contribution is 2.36. The van der Waals surface area contributed by atoms with Crippen molar-refractivity contribution in [1.82, 2.24) is 4.90 Å². The van der Waals surface area contributed by atoms with Crippen LogP contribution in [0.4, 0.5) is 5.69 Å². The molecule has 3 rings (SSSR count). The van der Waals surface area contributed by atoms with Gasteiger partial charge in [0.15, 0.2) is 5.17 Å². The van der Waals surface area contributed by atoms with Gasteiger partial charge in [0.25, 0.3) is 5.91 Å². The second-order valence-corrected chi connectivity index (χ2v) is 7.37. The first kappa shape index (κ1) is 19.5. The van der Waals surface area contributed by atoms with Crippen LogP contribution in [0.15, 0.2) is 58.4 Å². The first-order valence-corrected chi connectivity index (χ1v) is 10.1. The largest absolute Gasteiger partial charge is 0.493 e. The van der Waals surface area contributed by atoms with E-state index in [1.54, 1.807) is 11.0 Å². The van der Waals surface area contributed by atoms with Gasteiger partial charge >= 0.3 is 0 Å². The number of para-hydroxylation sites is 1. The van der Waals surface area contributed by atoms with Gasteiger partial charge in [0.2, 0.25) is 0 Å². The summed E-state index contributed by atoms with van der Waals surface area (Å²) in [7, 11) is 0. The van der Waals surface area contributed by atoms with Crippen molar-refractivity contribution in [1.29, 1.82) is 0 Å². The van der Waals surface area contributed by atoms with E-state index in [2.05, 4.69) is 11.9 Å². The Hall–Kier alpha value is -2.24. The summed E-state index contributed by atoms with van der Waals surface area (Å²) in [5.74, 6) is 0.664. The number of rotatable bonds is 6. The first-order valence-electron chi connectivity index (χ1n) is 8.90. The van der Waals surface area contributed by atoms with Crippen molar-refractivity contribution < 1.29 is 9.53 Å². The summed E-state index contributed by atoms with van der Waals surface area (Å²) in [5, 5.41) is 1.28. The highest BCUT2D eigenvalue weighted by molar-refractivity contribution is 8.18. The molecule has 1 fully saturated rings. The number of thioether (sulfide) groups is 1. The van der Waals surface area contributed by atoms with Crippen LogP contribution in [-0.2, 0) is 4.79 Å². The quantitative estimate of drug-likeness (QED) is 0.579. The van der Waals surface area contributed by atoms with E-state index >= 15 is 0 Å². The fraction of sp³-hybridized carbons (Fsp3) is 0.238. The van der Waals surface area contributed by atoms with Crippen LogP contribution in [0.25, 0.3) is 6.08 Å². The molecule has 140 valence electrons. The molecular formula is C21H21ClN2O2S. The molecule has 0 bridgehead atoms.